The quantitative estimate of drug-likeness (QED) is 0.152. The second kappa shape index (κ2) is 12.3. The van der Waals surface area contributed by atoms with Gasteiger partial charge in [-0.05, 0) is 5.39 Å². The molecule has 0 N–H and O–H groups in total. The Morgan fingerprint density at radius 1 is 0.951 bits per heavy atom. The van der Waals surface area contributed by atoms with Crippen LogP contribution in [0.3, 0.4) is 0 Å². The SMILES string of the molecule is C=C/C(=C(\C=C/C)C(=C\C)/c1cc2ccccc2c2ccccc12)C(C)/C(C)=C/C=c1/cbc2cccnc2c1=C. The van der Waals surface area contributed by atoms with Crippen LogP contribution in [0.1, 0.15) is 33.3 Å². The van der Waals surface area contributed by atoms with Gasteiger partial charge >= 0.3 is 197 Å². The van der Waals surface area contributed by atoms with Crippen molar-refractivity contribution in [3.63, 3.8) is 0 Å². The van der Waals surface area contributed by atoms with Gasteiger partial charge in [0.1, 0.15) is 0 Å². The molecule has 0 radical (unpaired) electrons. The second-order valence-electron chi connectivity index (χ2n) is 10.5. The average Bonchev–Trinajstić information content (AvgIpc) is 3.01. The minimum absolute atomic E-state index is 0.156. The van der Waals surface area contributed by atoms with Crippen molar-refractivity contribution in [2.24, 2.45) is 5.92 Å². The van der Waals surface area contributed by atoms with E-state index in [0.29, 0.717) is 0 Å². The summed E-state index contributed by atoms with van der Waals surface area (Å²) in [6.07, 6.45) is 14.8. The van der Waals surface area contributed by atoms with E-state index in [0.717, 1.165) is 21.2 Å². The molecular formula is C39H36BN. The monoisotopic (exact) mass is 529 g/mol. The van der Waals surface area contributed by atoms with Crippen molar-refractivity contribution in [3.05, 3.63) is 149 Å². The van der Waals surface area contributed by atoms with Crippen LogP contribution in [0.5, 0.6) is 0 Å². The average molecular weight is 530 g/mol. The molecule has 41 heavy (non-hydrogen) atoms. The Balaban J connectivity index is 1.65. The summed E-state index contributed by atoms with van der Waals surface area (Å²) in [7, 11) is 0. The number of rotatable bonds is 7. The fourth-order valence-electron chi connectivity index (χ4n) is 5.75. The summed E-state index contributed by atoms with van der Waals surface area (Å²) in [5, 5.41) is 8.19. The fraction of sp³-hybridized carbons (Fsp3) is 0.128. The maximum atomic E-state index is 4.55. The third kappa shape index (κ3) is 5.43. The van der Waals surface area contributed by atoms with Crippen molar-refractivity contribution in [1.29, 1.82) is 0 Å². The molecule has 0 fully saturated rings. The van der Waals surface area contributed by atoms with Gasteiger partial charge in [-0.1, -0.05) is 42.5 Å². The number of aromatic nitrogens is 1. The van der Waals surface area contributed by atoms with Gasteiger partial charge in [0.2, 0.25) is 0 Å². The summed E-state index contributed by atoms with van der Waals surface area (Å²) in [6, 6.07) is 23.7. The van der Waals surface area contributed by atoms with Crippen LogP contribution in [0.15, 0.2) is 133 Å². The summed E-state index contributed by atoms with van der Waals surface area (Å²) in [6.45, 7) is 19.4. The van der Waals surface area contributed by atoms with Crippen molar-refractivity contribution in [2.45, 2.75) is 27.7 Å². The molecule has 1 unspecified atom stereocenters. The Morgan fingerprint density at radius 3 is 2.41 bits per heavy atom. The van der Waals surface area contributed by atoms with Gasteiger partial charge in [0.15, 0.2) is 0 Å². The van der Waals surface area contributed by atoms with Gasteiger partial charge in [-0.2, -0.15) is 0 Å². The topological polar surface area (TPSA) is 12.9 Å². The Bertz CT molecular complexity index is 2020. The molecule has 1 atom stereocenters. The van der Waals surface area contributed by atoms with Crippen LogP contribution in [0.4, 0.5) is 0 Å². The number of fused-ring (bicyclic) bond motifs is 4. The number of allylic oxidation sites excluding steroid dienone is 9. The second-order valence-corrected chi connectivity index (χ2v) is 10.5. The third-order valence-electron chi connectivity index (χ3n) is 8.09. The van der Waals surface area contributed by atoms with Crippen molar-refractivity contribution in [2.75, 3.05) is 0 Å². The zero-order valence-electron chi connectivity index (χ0n) is 24.5. The van der Waals surface area contributed by atoms with Crippen molar-refractivity contribution < 1.29 is 0 Å². The molecule has 0 bridgehead atoms. The first-order chi connectivity index (χ1) is 20.0. The summed E-state index contributed by atoms with van der Waals surface area (Å²) in [4.78, 5) is 4.55. The molecule has 2 heterocycles. The van der Waals surface area contributed by atoms with Gasteiger partial charge in [0.05, 0.1) is 0 Å². The number of pyridine rings is 1. The first-order valence-corrected chi connectivity index (χ1v) is 14.3. The summed E-state index contributed by atoms with van der Waals surface area (Å²) in [5.41, 5.74) is 7.04. The Kier molecular flexibility index (Phi) is 8.41. The fourth-order valence-corrected chi connectivity index (χ4v) is 5.75. The Hall–Kier alpha value is -4.56. The summed E-state index contributed by atoms with van der Waals surface area (Å²) < 4.78 is 0. The molecule has 0 aliphatic carbocycles. The van der Waals surface area contributed by atoms with E-state index < -0.39 is 0 Å². The van der Waals surface area contributed by atoms with Crippen LogP contribution in [0.2, 0.25) is 0 Å². The molecule has 2 heteroatoms. The molecule has 0 spiro atoms. The Labute approximate surface area is 244 Å². The van der Waals surface area contributed by atoms with Gasteiger partial charge in [0, 0.05) is 0 Å². The minimum atomic E-state index is 0.156. The molecule has 5 rings (SSSR count). The standard InChI is InChI=1S/C39H36BN/c1-7-15-34(32(9-3)37-24-29-16-10-11-17-33(29)35-18-12-13-19-36(35)37)31(8-2)27(5)26(4)21-22-30-25-40-38-20-14-23-41-39(38)28(30)6/h7-25,27H,2,6H2,1,3-5H3/b15-7-,26-21+,30-22-,32-9+,34-31-. The number of hydrogen-bond acceptors (Lipinski definition) is 1. The van der Waals surface area contributed by atoms with Crippen molar-refractivity contribution in [3.8, 4) is 0 Å². The van der Waals surface area contributed by atoms with Crippen LogP contribution in [0.25, 0.3) is 50.6 Å². The zero-order chi connectivity index (χ0) is 28.9. The predicted molar refractivity (Wildman–Crippen MR) is 182 cm³/mol. The molecule has 200 valence electrons. The number of nitrogens with zero attached hydrogens (tertiary/aromatic N) is 1. The van der Waals surface area contributed by atoms with E-state index in [1.165, 1.54) is 49.4 Å². The van der Waals surface area contributed by atoms with Gasteiger partial charge in [0.25, 0.3) is 0 Å². The van der Waals surface area contributed by atoms with Crippen molar-refractivity contribution >= 4 is 57.5 Å². The van der Waals surface area contributed by atoms with Crippen LogP contribution in [0, 0.1) is 5.92 Å². The third-order valence-corrected chi connectivity index (χ3v) is 8.09. The summed E-state index contributed by atoms with van der Waals surface area (Å²) >= 11 is 0. The van der Waals surface area contributed by atoms with Crippen LogP contribution in [-0.2, 0) is 0 Å². The molecule has 0 amide bonds. The van der Waals surface area contributed by atoms with Crippen LogP contribution in [-0.4, -0.2) is 11.9 Å². The molecule has 2 aromatic heterocycles. The van der Waals surface area contributed by atoms with E-state index in [4.69, 9.17) is 0 Å². The van der Waals surface area contributed by atoms with E-state index in [2.05, 4.69) is 150 Å². The van der Waals surface area contributed by atoms with Gasteiger partial charge < -0.3 is 0 Å². The molecular weight excluding hydrogens is 493 g/mol. The molecule has 0 aliphatic rings. The van der Waals surface area contributed by atoms with Crippen molar-refractivity contribution in [1.82, 2.24) is 4.98 Å². The molecule has 5 aromatic rings. The normalized spacial score (nSPS) is 14.6. The zero-order valence-corrected chi connectivity index (χ0v) is 24.5. The maximum absolute atomic E-state index is 4.55. The first kappa shape index (κ1) is 28.0. The van der Waals surface area contributed by atoms with Gasteiger partial charge in [-0.3, -0.25) is 0 Å². The Morgan fingerprint density at radius 2 is 1.68 bits per heavy atom. The molecule has 1 nitrogen and oxygen atoms in total. The molecule has 0 saturated heterocycles. The summed E-state index contributed by atoms with van der Waals surface area (Å²) in [5.74, 6) is 2.28. The predicted octanol–water partition coefficient (Wildman–Crippen LogP) is 8.81. The van der Waals surface area contributed by atoms with E-state index >= 15 is 0 Å². The number of benzene rings is 3. The van der Waals surface area contributed by atoms with E-state index in [1.807, 2.05) is 18.3 Å². The number of hydrogen-bond donors (Lipinski definition) is 0. The molecule has 0 saturated carbocycles. The van der Waals surface area contributed by atoms with Crippen LogP contribution < -0.4 is 10.4 Å². The van der Waals surface area contributed by atoms with E-state index in [9.17, 15) is 0 Å². The first-order valence-electron chi connectivity index (χ1n) is 14.3. The van der Waals surface area contributed by atoms with Gasteiger partial charge in [-0.15, -0.1) is 0 Å². The van der Waals surface area contributed by atoms with E-state index in [1.54, 1.807) is 0 Å². The van der Waals surface area contributed by atoms with Crippen LogP contribution >= 0.6 is 0 Å². The molecule has 3 aromatic carbocycles. The van der Waals surface area contributed by atoms with E-state index in [-0.39, 0.29) is 5.92 Å². The van der Waals surface area contributed by atoms with Gasteiger partial charge in [-0.25, -0.2) is 0 Å². The molecule has 0 aliphatic heterocycles.